The molecular weight excluding hydrogens is 416 g/mol. The van der Waals surface area contributed by atoms with Gasteiger partial charge >= 0.3 is 0 Å². The minimum Gasteiger partial charge on any atom is -0.350 e. The van der Waals surface area contributed by atoms with Crippen LogP contribution in [0.1, 0.15) is 66.4 Å². The van der Waals surface area contributed by atoms with Gasteiger partial charge in [0.1, 0.15) is 5.82 Å². The fourth-order valence-corrected chi connectivity index (χ4v) is 3.01. The highest BCUT2D eigenvalue weighted by Gasteiger charge is 2.11. The molecule has 0 aliphatic heterocycles. The van der Waals surface area contributed by atoms with E-state index in [1.807, 2.05) is 6.92 Å². The molecule has 2 amide bonds. The molecule has 1 aromatic carbocycles. The van der Waals surface area contributed by atoms with Crippen LogP contribution in [0.3, 0.4) is 0 Å². The predicted octanol–water partition coefficient (Wildman–Crippen LogP) is 4.91. The van der Waals surface area contributed by atoms with E-state index >= 15 is 0 Å². The van der Waals surface area contributed by atoms with Crippen molar-refractivity contribution in [3.8, 4) is 0 Å². The van der Waals surface area contributed by atoms with Gasteiger partial charge in [-0.2, -0.15) is 0 Å². The van der Waals surface area contributed by atoms with Crippen molar-refractivity contribution >= 4 is 29.1 Å². The van der Waals surface area contributed by atoms with Gasteiger partial charge in [-0.25, -0.2) is 4.98 Å². The van der Waals surface area contributed by atoms with Crippen molar-refractivity contribution in [2.24, 2.45) is 0 Å². The Bertz CT molecular complexity index is 953. The van der Waals surface area contributed by atoms with Gasteiger partial charge in [-0.3, -0.25) is 14.4 Å². The minimum atomic E-state index is -0.0645. The third-order valence-corrected chi connectivity index (χ3v) is 4.88. The van der Waals surface area contributed by atoms with Gasteiger partial charge < -0.3 is 15.5 Å². The summed E-state index contributed by atoms with van der Waals surface area (Å²) in [7, 11) is 3.43. The first-order valence-corrected chi connectivity index (χ1v) is 11.1. The number of benzene rings is 1. The molecule has 1 atom stereocenters. The number of hydrogen-bond acceptors (Lipinski definition) is 5. The summed E-state index contributed by atoms with van der Waals surface area (Å²) in [5.74, 6) is 0.364. The number of hydrogen-bond donors (Lipinski definition) is 2. The maximum absolute atomic E-state index is 11.9. The summed E-state index contributed by atoms with van der Waals surface area (Å²) in [5.41, 5.74) is 2.75. The number of carbonyl (C=O) groups is 3. The maximum Gasteiger partial charge on any atom is 0.253 e. The number of nitrogens with one attached hydrogen (secondary N) is 2. The van der Waals surface area contributed by atoms with Crippen LogP contribution in [0.15, 0.2) is 49.1 Å². The zero-order chi connectivity index (χ0) is 25.0. The largest absolute Gasteiger partial charge is 0.350 e. The highest BCUT2D eigenvalue weighted by atomic mass is 16.2. The number of pyridine rings is 1. The number of ketones is 1. The summed E-state index contributed by atoms with van der Waals surface area (Å²) in [6.45, 7) is 11.0. The van der Waals surface area contributed by atoms with Crippen LogP contribution in [0.4, 0.5) is 11.5 Å². The topological polar surface area (TPSA) is 91.4 Å². The first-order valence-electron chi connectivity index (χ1n) is 11.1. The summed E-state index contributed by atoms with van der Waals surface area (Å²) in [6.07, 6.45) is 4.47. The molecule has 0 fully saturated rings. The lowest BCUT2D eigenvalue weighted by Crippen LogP contribution is -2.32. The summed E-state index contributed by atoms with van der Waals surface area (Å²) in [6, 6.07) is 11.0. The number of anilines is 2. The number of nitrogens with zero attached hydrogens (tertiary/aromatic N) is 2. The Morgan fingerprint density at radius 2 is 1.73 bits per heavy atom. The molecule has 0 saturated heterocycles. The lowest BCUT2D eigenvalue weighted by Gasteiger charge is -2.13. The first-order chi connectivity index (χ1) is 15.6. The lowest BCUT2D eigenvalue weighted by molar-refractivity contribution is -0.117. The molecule has 0 aliphatic rings. The Hall–Kier alpha value is -3.48. The van der Waals surface area contributed by atoms with Crippen LogP contribution in [0.5, 0.6) is 0 Å². The van der Waals surface area contributed by atoms with Crippen LogP contribution in [-0.4, -0.2) is 47.6 Å². The van der Waals surface area contributed by atoms with Crippen LogP contribution in [0.25, 0.3) is 0 Å². The van der Waals surface area contributed by atoms with Gasteiger partial charge in [-0.05, 0) is 69.2 Å². The monoisotopic (exact) mass is 452 g/mol. The first kappa shape index (κ1) is 27.6. The second-order valence-electron chi connectivity index (χ2n) is 7.91. The Kier molecular flexibility index (Phi) is 11.5. The predicted molar refractivity (Wildman–Crippen MR) is 134 cm³/mol. The molecule has 0 aliphatic carbocycles. The average Bonchev–Trinajstić information content (AvgIpc) is 2.78. The van der Waals surface area contributed by atoms with Crippen molar-refractivity contribution in [1.82, 2.24) is 15.2 Å². The van der Waals surface area contributed by atoms with E-state index in [2.05, 4.69) is 36.0 Å². The number of amides is 2. The van der Waals surface area contributed by atoms with Crippen molar-refractivity contribution in [3.05, 3.63) is 65.9 Å². The molecule has 7 heteroatoms. The SMILES string of the molecule is C=CC(=O)N[C@H](CC)CCC.CC(=O)c1ccc(C)nc1Nc1ccc(C(=O)N(C)C)cc1. The van der Waals surface area contributed by atoms with E-state index in [-0.39, 0.29) is 17.6 Å². The number of carbonyl (C=O) groups excluding carboxylic acids is 3. The van der Waals surface area contributed by atoms with Crippen molar-refractivity contribution in [1.29, 1.82) is 0 Å². The normalized spacial score (nSPS) is 10.8. The summed E-state index contributed by atoms with van der Waals surface area (Å²) in [5, 5.41) is 5.99. The third kappa shape index (κ3) is 9.27. The molecule has 2 rings (SSSR count). The van der Waals surface area contributed by atoms with E-state index in [0.29, 0.717) is 23.0 Å². The van der Waals surface area contributed by atoms with Gasteiger partial charge in [-0.1, -0.05) is 26.8 Å². The van der Waals surface area contributed by atoms with E-state index in [1.54, 1.807) is 50.5 Å². The summed E-state index contributed by atoms with van der Waals surface area (Å²) >= 11 is 0. The molecule has 178 valence electrons. The van der Waals surface area contributed by atoms with Gasteiger partial charge in [0, 0.05) is 37.1 Å². The average molecular weight is 453 g/mol. The fourth-order valence-electron chi connectivity index (χ4n) is 3.01. The zero-order valence-corrected chi connectivity index (χ0v) is 20.6. The van der Waals surface area contributed by atoms with Gasteiger partial charge in [-0.15, -0.1) is 0 Å². The minimum absolute atomic E-state index is 0.0468. The molecule has 0 radical (unpaired) electrons. The molecule has 2 aromatic rings. The van der Waals surface area contributed by atoms with E-state index in [4.69, 9.17) is 0 Å². The Morgan fingerprint density at radius 1 is 1.09 bits per heavy atom. The van der Waals surface area contributed by atoms with E-state index in [9.17, 15) is 14.4 Å². The van der Waals surface area contributed by atoms with Crippen LogP contribution >= 0.6 is 0 Å². The number of aryl methyl sites for hydroxylation is 1. The van der Waals surface area contributed by atoms with Crippen LogP contribution in [0.2, 0.25) is 0 Å². The van der Waals surface area contributed by atoms with Crippen LogP contribution < -0.4 is 10.6 Å². The number of aromatic nitrogens is 1. The molecule has 0 saturated carbocycles. The maximum atomic E-state index is 11.9. The molecule has 33 heavy (non-hydrogen) atoms. The fraction of sp³-hybridized carbons (Fsp3) is 0.385. The molecule has 1 heterocycles. The molecule has 0 bridgehead atoms. The number of Topliss-reactive ketones (excluding diaryl/α,β-unsaturated/α-hetero) is 1. The Morgan fingerprint density at radius 3 is 2.21 bits per heavy atom. The smallest absolute Gasteiger partial charge is 0.253 e. The second-order valence-corrected chi connectivity index (χ2v) is 7.91. The molecule has 2 N–H and O–H groups in total. The van der Waals surface area contributed by atoms with E-state index < -0.39 is 0 Å². The van der Waals surface area contributed by atoms with Crippen molar-refractivity contribution in [2.75, 3.05) is 19.4 Å². The standard InChI is InChI=1S/C17H19N3O2.C9H17NO/c1-11-5-10-15(12(2)21)16(18-11)19-14-8-6-13(7-9-14)17(22)20(3)4;1-4-7-8(5-2)10-9(11)6-3/h5-10H,1-4H3,(H,18,19);6,8H,3-5,7H2,1-2H3,(H,10,11)/t;8-/m.1/s1. The van der Waals surface area contributed by atoms with Gasteiger partial charge in [0.05, 0.1) is 5.56 Å². The van der Waals surface area contributed by atoms with E-state index in [0.717, 1.165) is 30.6 Å². The Balaban J connectivity index is 0.000000420. The zero-order valence-electron chi connectivity index (χ0n) is 20.6. The summed E-state index contributed by atoms with van der Waals surface area (Å²) in [4.78, 5) is 40.2. The quantitative estimate of drug-likeness (QED) is 0.417. The van der Waals surface area contributed by atoms with Crippen molar-refractivity contribution in [3.63, 3.8) is 0 Å². The van der Waals surface area contributed by atoms with Crippen molar-refractivity contribution < 1.29 is 14.4 Å². The highest BCUT2D eigenvalue weighted by molar-refractivity contribution is 5.99. The molecule has 0 spiro atoms. The molecular formula is C26H36N4O3. The van der Waals surface area contributed by atoms with Crippen LogP contribution in [-0.2, 0) is 4.79 Å². The molecule has 1 aromatic heterocycles. The van der Waals surface area contributed by atoms with Crippen LogP contribution in [0, 0.1) is 6.92 Å². The molecule has 7 nitrogen and oxygen atoms in total. The Labute approximate surface area is 197 Å². The number of rotatable bonds is 9. The lowest BCUT2D eigenvalue weighted by atomic mass is 10.1. The third-order valence-electron chi connectivity index (χ3n) is 4.88. The van der Waals surface area contributed by atoms with Gasteiger partial charge in [0.2, 0.25) is 5.91 Å². The molecule has 0 unspecified atom stereocenters. The van der Waals surface area contributed by atoms with E-state index in [1.165, 1.54) is 17.9 Å². The summed E-state index contributed by atoms with van der Waals surface area (Å²) < 4.78 is 0. The van der Waals surface area contributed by atoms with Gasteiger partial charge in [0.25, 0.3) is 5.91 Å². The van der Waals surface area contributed by atoms with Crippen molar-refractivity contribution in [2.45, 2.75) is 53.0 Å². The second kappa shape index (κ2) is 13.8. The van der Waals surface area contributed by atoms with Gasteiger partial charge in [0.15, 0.2) is 5.78 Å². The highest BCUT2D eigenvalue weighted by Crippen LogP contribution is 2.20.